The molecule has 0 spiro atoms. The van der Waals surface area contributed by atoms with Crippen molar-refractivity contribution in [1.29, 1.82) is 0 Å². The molecule has 0 aromatic heterocycles. The highest BCUT2D eigenvalue weighted by molar-refractivity contribution is 5.71. The zero-order valence-electron chi connectivity index (χ0n) is 10.5. The van der Waals surface area contributed by atoms with Crippen molar-refractivity contribution in [2.45, 2.75) is 31.5 Å². The molecule has 2 heterocycles. The Morgan fingerprint density at radius 1 is 1.39 bits per heavy atom. The summed E-state index contributed by atoms with van der Waals surface area (Å²) in [7, 11) is 0. The smallest absolute Gasteiger partial charge is 0.411 e. The van der Waals surface area contributed by atoms with E-state index >= 15 is 0 Å². The second-order valence-corrected chi connectivity index (χ2v) is 4.98. The van der Waals surface area contributed by atoms with Gasteiger partial charge in [-0.3, -0.25) is 4.90 Å². The van der Waals surface area contributed by atoms with Gasteiger partial charge in [0, 0.05) is 6.54 Å². The molecule has 1 unspecified atom stereocenters. The number of piperidine rings is 1. The van der Waals surface area contributed by atoms with Gasteiger partial charge >= 0.3 is 6.09 Å². The van der Waals surface area contributed by atoms with Crippen LogP contribution < -0.4 is 5.32 Å². The van der Waals surface area contributed by atoms with Crippen molar-refractivity contribution in [2.75, 3.05) is 13.1 Å². The highest BCUT2D eigenvalue weighted by Gasteiger charge is 2.45. The molecule has 1 aromatic carbocycles. The maximum absolute atomic E-state index is 12.0. The number of fused-ring (bicyclic) bond motifs is 1. The summed E-state index contributed by atoms with van der Waals surface area (Å²) in [5.41, 5.74) is 1.16. The molecule has 3 rings (SSSR count). The van der Waals surface area contributed by atoms with Crippen molar-refractivity contribution in [2.24, 2.45) is 0 Å². The number of amides is 1. The third-order valence-corrected chi connectivity index (χ3v) is 3.91. The van der Waals surface area contributed by atoms with Crippen molar-refractivity contribution in [1.82, 2.24) is 10.2 Å². The van der Waals surface area contributed by atoms with Crippen LogP contribution in [-0.4, -0.2) is 36.2 Å². The van der Waals surface area contributed by atoms with Crippen LogP contribution in [-0.2, 0) is 4.74 Å². The van der Waals surface area contributed by atoms with Crippen molar-refractivity contribution in [3.8, 4) is 0 Å². The standard InChI is InChI=1S/C14H18N2O2/c1-10(11-5-3-2-4-6-11)16-12-7-8-15-9-13(12)18-14(16)17/h2-6,10,12-13,15H,7-9H2,1H3/t10?,12-,13-/m0/s1. The third kappa shape index (κ3) is 1.86. The molecule has 2 saturated heterocycles. The molecule has 0 bridgehead atoms. The van der Waals surface area contributed by atoms with Gasteiger partial charge in [0.25, 0.3) is 0 Å². The number of benzene rings is 1. The summed E-state index contributed by atoms with van der Waals surface area (Å²) in [4.78, 5) is 13.9. The molecule has 4 heteroatoms. The molecular formula is C14H18N2O2. The van der Waals surface area contributed by atoms with Crippen LogP contribution in [0.4, 0.5) is 4.79 Å². The topological polar surface area (TPSA) is 41.6 Å². The number of ether oxygens (including phenoxy) is 1. The Morgan fingerprint density at radius 2 is 2.17 bits per heavy atom. The molecule has 0 aliphatic carbocycles. The molecule has 1 aromatic rings. The lowest BCUT2D eigenvalue weighted by molar-refractivity contribution is 0.121. The lowest BCUT2D eigenvalue weighted by Crippen LogP contribution is -2.47. The van der Waals surface area contributed by atoms with Crippen molar-refractivity contribution in [3.05, 3.63) is 35.9 Å². The quantitative estimate of drug-likeness (QED) is 0.867. The summed E-state index contributed by atoms with van der Waals surface area (Å²) in [5.74, 6) is 0. The molecule has 0 saturated carbocycles. The highest BCUT2D eigenvalue weighted by Crippen LogP contribution is 2.32. The summed E-state index contributed by atoms with van der Waals surface area (Å²) >= 11 is 0. The van der Waals surface area contributed by atoms with Crippen LogP contribution in [0, 0.1) is 0 Å². The maximum Gasteiger partial charge on any atom is 0.411 e. The predicted octanol–water partition coefficient (Wildman–Crippen LogP) is 1.93. The molecule has 0 radical (unpaired) electrons. The van der Waals surface area contributed by atoms with Gasteiger partial charge in [0.1, 0.15) is 6.10 Å². The van der Waals surface area contributed by atoms with E-state index in [4.69, 9.17) is 4.74 Å². The van der Waals surface area contributed by atoms with E-state index in [9.17, 15) is 4.79 Å². The summed E-state index contributed by atoms with van der Waals surface area (Å²) in [5, 5.41) is 3.27. The van der Waals surface area contributed by atoms with Crippen LogP contribution >= 0.6 is 0 Å². The molecule has 96 valence electrons. The Bertz CT molecular complexity index is 435. The Morgan fingerprint density at radius 3 is 2.94 bits per heavy atom. The Hall–Kier alpha value is -1.55. The normalized spacial score (nSPS) is 28.7. The number of nitrogens with zero attached hydrogens (tertiary/aromatic N) is 1. The number of nitrogens with one attached hydrogen (secondary N) is 1. The van der Waals surface area contributed by atoms with Crippen molar-refractivity contribution in [3.63, 3.8) is 0 Å². The van der Waals surface area contributed by atoms with Gasteiger partial charge in [-0.05, 0) is 25.5 Å². The summed E-state index contributed by atoms with van der Waals surface area (Å²) in [6.45, 7) is 3.80. The molecular weight excluding hydrogens is 228 g/mol. The molecule has 1 amide bonds. The first-order chi connectivity index (χ1) is 8.77. The fourth-order valence-corrected chi connectivity index (χ4v) is 2.92. The maximum atomic E-state index is 12.0. The van der Waals surface area contributed by atoms with Gasteiger partial charge in [0.2, 0.25) is 0 Å². The van der Waals surface area contributed by atoms with Crippen LogP contribution in [0.15, 0.2) is 30.3 Å². The first-order valence-electron chi connectivity index (χ1n) is 6.52. The number of hydrogen-bond acceptors (Lipinski definition) is 3. The second-order valence-electron chi connectivity index (χ2n) is 4.98. The van der Waals surface area contributed by atoms with Crippen LogP contribution in [0.5, 0.6) is 0 Å². The lowest BCUT2D eigenvalue weighted by Gasteiger charge is -2.32. The summed E-state index contributed by atoms with van der Waals surface area (Å²) in [6, 6.07) is 10.4. The van der Waals surface area contributed by atoms with Crippen LogP contribution in [0.25, 0.3) is 0 Å². The molecule has 3 atom stereocenters. The van der Waals surface area contributed by atoms with Gasteiger partial charge in [0.05, 0.1) is 12.1 Å². The van der Waals surface area contributed by atoms with Gasteiger partial charge in [0.15, 0.2) is 0 Å². The Labute approximate surface area is 107 Å². The molecule has 2 aliphatic rings. The van der Waals surface area contributed by atoms with Crippen LogP contribution in [0.1, 0.15) is 24.9 Å². The monoisotopic (exact) mass is 246 g/mol. The first kappa shape index (κ1) is 11.5. The van der Waals surface area contributed by atoms with Gasteiger partial charge < -0.3 is 10.1 Å². The Balaban J connectivity index is 1.84. The highest BCUT2D eigenvalue weighted by atomic mass is 16.6. The van der Waals surface area contributed by atoms with Crippen LogP contribution in [0.2, 0.25) is 0 Å². The average Bonchev–Trinajstić information content (AvgIpc) is 2.75. The van der Waals surface area contributed by atoms with Gasteiger partial charge in [-0.25, -0.2) is 4.79 Å². The van der Waals surface area contributed by atoms with Crippen LogP contribution in [0.3, 0.4) is 0 Å². The van der Waals surface area contributed by atoms with E-state index in [0.717, 1.165) is 25.1 Å². The number of rotatable bonds is 2. The fraction of sp³-hybridized carbons (Fsp3) is 0.500. The van der Waals surface area contributed by atoms with Crippen molar-refractivity contribution < 1.29 is 9.53 Å². The summed E-state index contributed by atoms with van der Waals surface area (Å²) < 4.78 is 5.44. The first-order valence-corrected chi connectivity index (χ1v) is 6.52. The zero-order chi connectivity index (χ0) is 12.5. The minimum Gasteiger partial charge on any atom is -0.443 e. The number of carbonyl (C=O) groups is 1. The molecule has 4 nitrogen and oxygen atoms in total. The SMILES string of the molecule is CC(c1ccccc1)N1C(=O)O[C@H]2CNCC[C@@H]21. The lowest BCUT2D eigenvalue weighted by atomic mass is 9.99. The largest absolute Gasteiger partial charge is 0.443 e. The van der Waals surface area contributed by atoms with E-state index in [1.165, 1.54) is 0 Å². The average molecular weight is 246 g/mol. The van der Waals surface area contributed by atoms with E-state index in [2.05, 4.69) is 24.4 Å². The number of carbonyl (C=O) groups excluding carboxylic acids is 1. The molecule has 2 fully saturated rings. The number of hydrogen-bond donors (Lipinski definition) is 1. The molecule has 18 heavy (non-hydrogen) atoms. The van der Waals surface area contributed by atoms with Gasteiger partial charge in [-0.15, -0.1) is 0 Å². The molecule has 1 N–H and O–H groups in total. The minimum atomic E-state index is -0.176. The second kappa shape index (κ2) is 4.61. The van der Waals surface area contributed by atoms with E-state index in [-0.39, 0.29) is 24.3 Å². The minimum absolute atomic E-state index is 0.0115. The Kier molecular flexibility index (Phi) is 2.96. The molecule has 2 aliphatic heterocycles. The van der Waals surface area contributed by atoms with E-state index in [0.29, 0.717) is 0 Å². The zero-order valence-corrected chi connectivity index (χ0v) is 10.5. The van der Waals surface area contributed by atoms with Gasteiger partial charge in [-0.1, -0.05) is 30.3 Å². The van der Waals surface area contributed by atoms with E-state index in [1.807, 2.05) is 23.1 Å². The fourth-order valence-electron chi connectivity index (χ4n) is 2.92. The van der Waals surface area contributed by atoms with E-state index < -0.39 is 0 Å². The third-order valence-electron chi connectivity index (χ3n) is 3.91. The van der Waals surface area contributed by atoms with E-state index in [1.54, 1.807) is 0 Å². The summed E-state index contributed by atoms with van der Waals surface area (Å²) in [6.07, 6.45) is 0.801. The van der Waals surface area contributed by atoms with Gasteiger partial charge in [-0.2, -0.15) is 0 Å². The van der Waals surface area contributed by atoms with Crippen molar-refractivity contribution >= 4 is 6.09 Å². The predicted molar refractivity (Wildman–Crippen MR) is 68.2 cm³/mol.